The quantitative estimate of drug-likeness (QED) is 0.373. The van der Waals surface area contributed by atoms with Crippen molar-refractivity contribution < 1.29 is 13.2 Å². The second-order valence-electron chi connectivity index (χ2n) is 9.58. The summed E-state index contributed by atoms with van der Waals surface area (Å²) in [4.78, 5) is 6.60. The van der Waals surface area contributed by atoms with Crippen molar-refractivity contribution in [2.45, 2.75) is 25.3 Å². The van der Waals surface area contributed by atoms with Crippen molar-refractivity contribution >= 4 is 39.0 Å². The van der Waals surface area contributed by atoms with Crippen LogP contribution in [0.4, 0.5) is 5.82 Å². The van der Waals surface area contributed by atoms with Crippen molar-refractivity contribution in [2.24, 2.45) is 0 Å². The van der Waals surface area contributed by atoms with E-state index in [1.807, 2.05) is 47.5 Å². The molecule has 2 aromatic carbocycles. The molecule has 10 heteroatoms. The minimum atomic E-state index is -3.20. The highest BCUT2D eigenvalue weighted by Gasteiger charge is 2.30. The molecule has 194 valence electrons. The van der Waals surface area contributed by atoms with Gasteiger partial charge in [0.2, 0.25) is 10.0 Å². The first-order valence-electron chi connectivity index (χ1n) is 11.7. The lowest BCUT2D eigenvalue weighted by Crippen LogP contribution is -2.59. The zero-order chi connectivity index (χ0) is 26.8. The Balaban J connectivity index is 1.49. The second kappa shape index (κ2) is 10.9. The maximum Gasteiger partial charge on any atom is 0.209 e. The highest BCUT2D eigenvalue weighted by atomic mass is 35.5. The molecule has 37 heavy (non-hydrogen) atoms. The molecule has 0 amide bonds. The van der Waals surface area contributed by atoms with Gasteiger partial charge in [-0.05, 0) is 41.0 Å². The van der Waals surface area contributed by atoms with Crippen molar-refractivity contribution in [1.82, 2.24) is 9.71 Å². The lowest BCUT2D eigenvalue weighted by Gasteiger charge is -2.39. The number of alkyl halides is 1. The molecule has 3 aromatic rings. The summed E-state index contributed by atoms with van der Waals surface area (Å²) in [6.07, 6.45) is 2.99. The Bertz CT molecular complexity index is 1410. The lowest BCUT2D eigenvalue weighted by molar-refractivity contribution is 0.341. The minimum absolute atomic E-state index is 0.0825. The number of ether oxygens (including phenoxy) is 1. The van der Waals surface area contributed by atoms with E-state index in [9.17, 15) is 13.7 Å². The molecule has 0 atom stereocenters. The topological polar surface area (TPSA) is 95.3 Å². The molecule has 0 aliphatic carbocycles. The van der Waals surface area contributed by atoms with Gasteiger partial charge in [0.25, 0.3) is 0 Å². The average molecular weight is 560 g/mol. The van der Waals surface area contributed by atoms with Gasteiger partial charge in [0.15, 0.2) is 5.75 Å². The van der Waals surface area contributed by atoms with Gasteiger partial charge in [0.05, 0.1) is 28.8 Å². The molecular formula is C27H28Cl2N4O3S. The molecular weight excluding hydrogens is 531 g/mol. The number of hydrogen-bond donors (Lipinski definition) is 1. The van der Waals surface area contributed by atoms with Gasteiger partial charge in [0, 0.05) is 30.3 Å². The third-order valence-electron chi connectivity index (χ3n) is 6.48. The predicted molar refractivity (Wildman–Crippen MR) is 148 cm³/mol. The standard InChI is InChI=1S/C27H28Cl2N4O3S/c1-27(2,22-12-20(14-30)26(24(29)13-22)36-11-10-28)21-7-4-18(5-8-21)19-6-9-25(31-15-19)33-16-23(17-33)32-37(3,34)35/h4-9,12-13,15,23,32H,10-11,16-17H2,1-3H3. The first-order valence-corrected chi connectivity index (χ1v) is 14.5. The van der Waals surface area contributed by atoms with Crippen LogP contribution >= 0.6 is 23.2 Å². The van der Waals surface area contributed by atoms with Crippen LogP contribution in [0.1, 0.15) is 30.5 Å². The molecule has 1 fully saturated rings. The third kappa shape index (κ3) is 6.19. The van der Waals surface area contributed by atoms with Crippen LogP contribution in [0.2, 0.25) is 5.02 Å². The number of aromatic nitrogens is 1. The van der Waals surface area contributed by atoms with Gasteiger partial charge in [-0.2, -0.15) is 5.26 Å². The average Bonchev–Trinajstić information content (AvgIpc) is 2.84. The predicted octanol–water partition coefficient (Wildman–Crippen LogP) is 4.95. The van der Waals surface area contributed by atoms with Crippen LogP contribution in [0, 0.1) is 11.3 Å². The van der Waals surface area contributed by atoms with Crippen LogP contribution in [-0.4, -0.2) is 51.3 Å². The number of sulfonamides is 1. The summed E-state index contributed by atoms with van der Waals surface area (Å²) >= 11 is 12.2. The zero-order valence-corrected chi connectivity index (χ0v) is 23.2. The molecule has 0 radical (unpaired) electrons. The fraction of sp³-hybridized carbons (Fsp3) is 0.333. The Labute approximate surface area is 228 Å². The molecule has 4 rings (SSSR count). The highest BCUT2D eigenvalue weighted by molar-refractivity contribution is 7.88. The number of pyridine rings is 1. The molecule has 1 aliphatic heterocycles. The van der Waals surface area contributed by atoms with E-state index in [2.05, 4.69) is 41.8 Å². The Hall–Kier alpha value is -2.83. The highest BCUT2D eigenvalue weighted by Crippen LogP contribution is 2.38. The Morgan fingerprint density at radius 1 is 1.14 bits per heavy atom. The van der Waals surface area contributed by atoms with Gasteiger partial charge in [-0.3, -0.25) is 0 Å². The molecule has 2 heterocycles. The summed E-state index contributed by atoms with van der Waals surface area (Å²) in [5.41, 5.74) is 3.96. The number of halogens is 2. The van der Waals surface area contributed by atoms with E-state index in [-0.39, 0.29) is 12.6 Å². The van der Waals surface area contributed by atoms with Crippen LogP contribution < -0.4 is 14.4 Å². The first-order chi connectivity index (χ1) is 17.5. The summed E-state index contributed by atoms with van der Waals surface area (Å²) < 4.78 is 30.9. The molecule has 1 aliphatic rings. The van der Waals surface area contributed by atoms with Crippen molar-refractivity contribution in [3.8, 4) is 22.9 Å². The monoisotopic (exact) mass is 558 g/mol. The Morgan fingerprint density at radius 3 is 2.38 bits per heavy atom. The van der Waals surface area contributed by atoms with E-state index in [0.29, 0.717) is 35.3 Å². The lowest BCUT2D eigenvalue weighted by atomic mass is 9.77. The summed E-state index contributed by atoms with van der Waals surface area (Å²) in [5, 5.41) is 10.0. The number of rotatable bonds is 9. The smallest absolute Gasteiger partial charge is 0.209 e. The maximum absolute atomic E-state index is 11.4. The summed E-state index contributed by atoms with van der Waals surface area (Å²) in [5.74, 6) is 1.48. The van der Waals surface area contributed by atoms with Crippen molar-refractivity contribution in [1.29, 1.82) is 5.26 Å². The first kappa shape index (κ1) is 27.2. The summed E-state index contributed by atoms with van der Waals surface area (Å²) in [7, 11) is -3.20. The number of nitrogens with one attached hydrogen (secondary N) is 1. The van der Waals surface area contributed by atoms with Gasteiger partial charge in [-0.15, -0.1) is 11.6 Å². The number of benzene rings is 2. The Morgan fingerprint density at radius 2 is 1.81 bits per heavy atom. The second-order valence-corrected chi connectivity index (χ2v) is 12.1. The van der Waals surface area contributed by atoms with Crippen molar-refractivity contribution in [3.05, 3.63) is 76.4 Å². The minimum Gasteiger partial charge on any atom is -0.489 e. The van der Waals surface area contributed by atoms with Crippen LogP contribution in [0.3, 0.4) is 0 Å². The van der Waals surface area contributed by atoms with Crippen LogP contribution in [0.5, 0.6) is 5.75 Å². The SMILES string of the molecule is CC(C)(c1ccc(-c2ccc(N3CC(NS(C)(=O)=O)C3)nc2)cc1)c1cc(Cl)c(OCCCl)c(C#N)c1. The molecule has 1 aromatic heterocycles. The molecule has 0 saturated carbocycles. The largest absolute Gasteiger partial charge is 0.489 e. The van der Waals surface area contributed by atoms with Crippen LogP contribution in [0.25, 0.3) is 11.1 Å². The van der Waals surface area contributed by atoms with Gasteiger partial charge in [-0.25, -0.2) is 18.1 Å². The molecule has 1 N–H and O–H groups in total. The fourth-order valence-corrected chi connectivity index (χ4v) is 5.46. The van der Waals surface area contributed by atoms with E-state index >= 15 is 0 Å². The van der Waals surface area contributed by atoms with Gasteiger partial charge >= 0.3 is 0 Å². The number of anilines is 1. The van der Waals surface area contributed by atoms with Gasteiger partial charge < -0.3 is 9.64 Å². The summed E-state index contributed by atoms with van der Waals surface area (Å²) in [6.45, 7) is 5.64. The van der Waals surface area contributed by atoms with Crippen LogP contribution in [0.15, 0.2) is 54.7 Å². The maximum atomic E-state index is 11.4. The number of nitrogens with zero attached hydrogens (tertiary/aromatic N) is 3. The Kier molecular flexibility index (Phi) is 8.00. The zero-order valence-electron chi connectivity index (χ0n) is 20.8. The molecule has 0 spiro atoms. The van der Waals surface area contributed by atoms with Crippen LogP contribution in [-0.2, 0) is 15.4 Å². The van der Waals surface area contributed by atoms with E-state index in [1.165, 1.54) is 6.26 Å². The molecule has 7 nitrogen and oxygen atoms in total. The van der Waals surface area contributed by atoms with Gasteiger partial charge in [0.1, 0.15) is 18.5 Å². The van der Waals surface area contributed by atoms with E-state index < -0.39 is 15.4 Å². The van der Waals surface area contributed by atoms with E-state index in [1.54, 1.807) is 0 Å². The fourth-order valence-electron chi connectivity index (χ4n) is 4.36. The van der Waals surface area contributed by atoms with Gasteiger partial charge in [-0.1, -0.05) is 49.7 Å². The van der Waals surface area contributed by atoms with E-state index in [4.69, 9.17) is 27.9 Å². The normalized spacial score (nSPS) is 14.2. The molecule has 0 bridgehead atoms. The third-order valence-corrected chi connectivity index (χ3v) is 7.68. The van der Waals surface area contributed by atoms with Crippen molar-refractivity contribution in [3.63, 3.8) is 0 Å². The number of nitriles is 1. The number of hydrogen-bond acceptors (Lipinski definition) is 6. The summed E-state index contributed by atoms with van der Waals surface area (Å²) in [6, 6.07) is 18.0. The van der Waals surface area contributed by atoms with Crippen molar-refractivity contribution in [2.75, 3.05) is 36.7 Å². The van der Waals surface area contributed by atoms with E-state index in [0.717, 1.165) is 28.1 Å². The molecule has 1 saturated heterocycles. The molecule has 0 unspecified atom stereocenters.